The third-order valence-electron chi connectivity index (χ3n) is 9.40. The van der Waals surface area contributed by atoms with Crippen molar-refractivity contribution in [1.82, 2.24) is 4.90 Å². The molecule has 0 bridgehead atoms. The van der Waals surface area contributed by atoms with Crippen molar-refractivity contribution in [3.05, 3.63) is 51.6 Å². The Hall–Kier alpha value is -3.14. The lowest BCUT2D eigenvalue weighted by atomic mass is 9.71. The fraction of sp³-hybridized carbons (Fsp3) is 0.548. The highest BCUT2D eigenvalue weighted by Crippen LogP contribution is 2.53. The number of aliphatic hydroxyl groups is 4. The molecule has 2 aromatic carbocycles. The van der Waals surface area contributed by atoms with Gasteiger partial charge in [0.1, 0.15) is 23.4 Å². The van der Waals surface area contributed by atoms with Gasteiger partial charge in [0, 0.05) is 55.1 Å². The number of nitrogens with zero attached hydrogens (tertiary/aromatic N) is 1. The monoisotopic (exact) mass is 615 g/mol. The second-order valence-corrected chi connectivity index (χ2v) is 11.9. The van der Waals surface area contributed by atoms with Crippen LogP contribution < -0.4 is 4.74 Å². The number of phenolic OH excluding ortho intramolecular Hbond substituents is 2. The molecule has 0 spiro atoms. The highest BCUT2D eigenvalue weighted by molar-refractivity contribution is 6.31. The number of hydrogen-bond acceptors (Lipinski definition) is 13. The first kappa shape index (κ1) is 30.9. The van der Waals surface area contributed by atoms with E-state index in [4.69, 9.17) is 18.9 Å². The normalized spacial score (nSPS) is 31.2. The molecule has 6 N–H and O–H groups in total. The summed E-state index contributed by atoms with van der Waals surface area (Å²) in [5.41, 5.74) is -3.14. The molecule has 238 valence electrons. The molecule has 2 fully saturated rings. The van der Waals surface area contributed by atoms with Crippen molar-refractivity contribution in [1.29, 1.82) is 0 Å². The van der Waals surface area contributed by atoms with Crippen molar-refractivity contribution in [3.8, 4) is 17.2 Å². The highest BCUT2D eigenvalue weighted by Gasteiger charge is 2.50. The van der Waals surface area contributed by atoms with Gasteiger partial charge >= 0.3 is 0 Å². The fourth-order valence-corrected chi connectivity index (χ4v) is 7.06. The smallest absolute Gasteiger partial charge is 0.202 e. The number of aromatic hydroxyl groups is 2. The maximum absolute atomic E-state index is 13.8. The molecule has 2 heterocycles. The van der Waals surface area contributed by atoms with Crippen molar-refractivity contribution in [2.75, 3.05) is 40.0 Å². The number of aliphatic hydroxyl groups excluding tert-OH is 3. The minimum absolute atomic E-state index is 0.0249. The van der Waals surface area contributed by atoms with Crippen molar-refractivity contribution in [2.45, 2.75) is 68.5 Å². The summed E-state index contributed by atoms with van der Waals surface area (Å²) in [5.74, 6) is -2.60. The molecule has 7 atom stereocenters. The Balaban J connectivity index is 1.44. The summed E-state index contributed by atoms with van der Waals surface area (Å²) >= 11 is 0. The molecule has 44 heavy (non-hydrogen) atoms. The summed E-state index contributed by atoms with van der Waals surface area (Å²) in [5, 5.41) is 66.1. The molecule has 6 rings (SSSR count). The van der Waals surface area contributed by atoms with Gasteiger partial charge in [-0.3, -0.25) is 14.5 Å². The van der Waals surface area contributed by atoms with Crippen LogP contribution in [0, 0.1) is 0 Å². The van der Waals surface area contributed by atoms with Crippen LogP contribution in [0.5, 0.6) is 17.2 Å². The number of ketones is 2. The molecule has 2 aromatic rings. The summed E-state index contributed by atoms with van der Waals surface area (Å²) in [6.07, 6.45) is -5.99. The average molecular weight is 616 g/mol. The van der Waals surface area contributed by atoms with Crippen molar-refractivity contribution in [3.63, 3.8) is 0 Å². The molecule has 0 saturated carbocycles. The van der Waals surface area contributed by atoms with Crippen molar-refractivity contribution < 1.29 is 59.2 Å². The first-order valence-corrected chi connectivity index (χ1v) is 14.7. The standard InChI is InChI=1S/C31H37NO12/c1-14-26(35)17(32-6-8-42-9-7-32)10-21(43-14)44-19-12-31(40,20(34)13-33)11-16-23(19)30(39)25-24(28(16)37)27(36)15-4-3-5-18(41-2)22(15)29(25)38/h3-5,14,17,19-21,26,33-35,37,39-40H,6-13H2,1-2H3/t14?,17?,19-,20?,21?,26?,31-/m1/s1. The number of benzene rings is 2. The molecule has 2 aliphatic heterocycles. The van der Waals surface area contributed by atoms with Crippen molar-refractivity contribution >= 4 is 11.6 Å². The predicted octanol–water partition coefficient (Wildman–Crippen LogP) is 0.167. The first-order valence-electron chi connectivity index (χ1n) is 14.7. The van der Waals surface area contributed by atoms with Crippen LogP contribution in [0.25, 0.3) is 0 Å². The zero-order chi connectivity index (χ0) is 31.5. The van der Waals surface area contributed by atoms with E-state index in [9.17, 15) is 40.2 Å². The number of ether oxygens (including phenoxy) is 4. The number of morpholine rings is 1. The van der Waals surface area contributed by atoms with Crippen LogP contribution in [-0.2, 0) is 20.6 Å². The number of fused-ring (bicyclic) bond motifs is 3. The number of methoxy groups -OCH3 is 1. The third kappa shape index (κ3) is 4.88. The lowest BCUT2D eigenvalue weighted by Crippen LogP contribution is -2.58. The van der Waals surface area contributed by atoms with Crippen LogP contribution in [0.3, 0.4) is 0 Å². The topological polar surface area (TPSA) is 196 Å². The molecule has 13 nitrogen and oxygen atoms in total. The van der Waals surface area contributed by atoms with Gasteiger partial charge in [0.25, 0.3) is 0 Å². The average Bonchev–Trinajstić information content (AvgIpc) is 3.02. The van der Waals surface area contributed by atoms with Crippen LogP contribution in [0.2, 0.25) is 0 Å². The summed E-state index contributed by atoms with van der Waals surface area (Å²) in [4.78, 5) is 29.6. The minimum atomic E-state index is -2.04. The van der Waals surface area contributed by atoms with E-state index in [0.717, 1.165) is 0 Å². The Kier molecular flexibility index (Phi) is 8.18. The molecule has 2 aliphatic carbocycles. The van der Waals surface area contributed by atoms with Gasteiger partial charge in [-0.25, -0.2) is 0 Å². The SMILES string of the molecule is COc1cccc2c1C(=O)c1c(O)c3c(c(O)c1C2=O)C[C@](O)(C(O)CO)C[C@H]3OC1CC(N2CCOCC2)C(O)C(C)O1. The van der Waals surface area contributed by atoms with Crippen LogP contribution >= 0.6 is 0 Å². The Morgan fingerprint density at radius 3 is 2.48 bits per heavy atom. The largest absolute Gasteiger partial charge is 0.507 e. The summed E-state index contributed by atoms with van der Waals surface area (Å²) in [6.45, 7) is 3.08. The predicted molar refractivity (Wildman–Crippen MR) is 151 cm³/mol. The molecule has 5 unspecified atom stereocenters. The Labute approximate surface area is 253 Å². The number of hydrogen-bond donors (Lipinski definition) is 6. The van der Waals surface area contributed by atoms with E-state index < -0.39 is 83.5 Å². The number of rotatable bonds is 6. The fourth-order valence-electron chi connectivity index (χ4n) is 7.06. The lowest BCUT2D eigenvalue weighted by molar-refractivity contribution is -0.263. The first-order chi connectivity index (χ1) is 21.0. The van der Waals surface area contributed by atoms with Crippen LogP contribution in [0.15, 0.2) is 18.2 Å². The third-order valence-corrected chi connectivity index (χ3v) is 9.40. The molecule has 4 aliphatic rings. The second-order valence-electron chi connectivity index (χ2n) is 11.9. The molecule has 2 saturated heterocycles. The zero-order valence-corrected chi connectivity index (χ0v) is 24.4. The molecule has 0 radical (unpaired) electrons. The minimum Gasteiger partial charge on any atom is -0.507 e. The molecule has 0 aromatic heterocycles. The number of phenols is 2. The lowest BCUT2D eigenvalue weighted by Gasteiger charge is -2.46. The van der Waals surface area contributed by atoms with Crippen LogP contribution in [-0.4, -0.2) is 123 Å². The van der Waals surface area contributed by atoms with E-state index in [1.807, 2.05) is 0 Å². The summed E-state index contributed by atoms with van der Waals surface area (Å²) in [7, 11) is 1.34. The number of carbonyl (C=O) groups is 2. The Morgan fingerprint density at radius 2 is 1.80 bits per heavy atom. The van der Waals surface area contributed by atoms with Crippen molar-refractivity contribution in [2.24, 2.45) is 0 Å². The van der Waals surface area contributed by atoms with E-state index in [2.05, 4.69) is 4.90 Å². The van der Waals surface area contributed by atoms with E-state index in [-0.39, 0.29) is 46.9 Å². The van der Waals surface area contributed by atoms with Gasteiger partial charge in [-0.2, -0.15) is 0 Å². The quantitative estimate of drug-likeness (QED) is 0.206. The zero-order valence-electron chi connectivity index (χ0n) is 24.4. The van der Waals surface area contributed by atoms with Crippen LogP contribution in [0.4, 0.5) is 0 Å². The van der Waals surface area contributed by atoms with Gasteiger partial charge in [-0.1, -0.05) is 12.1 Å². The summed E-state index contributed by atoms with van der Waals surface area (Å²) in [6, 6.07) is 4.09. The van der Waals surface area contributed by atoms with Gasteiger partial charge in [0.2, 0.25) is 5.78 Å². The van der Waals surface area contributed by atoms with E-state index in [1.165, 1.54) is 25.3 Å². The van der Waals surface area contributed by atoms with Gasteiger partial charge in [-0.15, -0.1) is 0 Å². The van der Waals surface area contributed by atoms with Crippen LogP contribution in [0.1, 0.15) is 68.8 Å². The summed E-state index contributed by atoms with van der Waals surface area (Å²) < 4.78 is 23.1. The molecule has 13 heteroatoms. The van der Waals surface area contributed by atoms with Gasteiger partial charge in [-0.05, 0) is 13.0 Å². The van der Waals surface area contributed by atoms with E-state index in [0.29, 0.717) is 26.3 Å². The highest BCUT2D eigenvalue weighted by atomic mass is 16.7. The van der Waals surface area contributed by atoms with E-state index >= 15 is 0 Å². The maximum Gasteiger partial charge on any atom is 0.202 e. The van der Waals surface area contributed by atoms with Gasteiger partial charge in [0.15, 0.2) is 12.1 Å². The number of carbonyl (C=O) groups excluding carboxylic acids is 2. The molecular formula is C31H37NO12. The van der Waals surface area contributed by atoms with E-state index in [1.54, 1.807) is 6.92 Å². The second kappa shape index (κ2) is 11.7. The van der Waals surface area contributed by atoms with Gasteiger partial charge < -0.3 is 49.6 Å². The maximum atomic E-state index is 13.8. The Morgan fingerprint density at radius 1 is 1.09 bits per heavy atom. The molecular weight excluding hydrogens is 578 g/mol. The van der Waals surface area contributed by atoms with Gasteiger partial charge in [0.05, 0.1) is 67.5 Å². The Bertz CT molecular complexity index is 1470. The molecule has 0 amide bonds.